The number of aryl methyl sites for hydroxylation is 1. The Labute approximate surface area is 111 Å². The minimum Gasteiger partial charge on any atom is -0.258 e. The van der Waals surface area contributed by atoms with Gasteiger partial charge in [-0.25, -0.2) is 4.68 Å². The Hall–Kier alpha value is -2.48. The van der Waals surface area contributed by atoms with Crippen LogP contribution in [-0.4, -0.2) is 19.6 Å². The lowest BCUT2D eigenvalue weighted by Gasteiger charge is -2.01. The molecule has 8 nitrogen and oxygen atoms in total. The molecule has 0 aliphatic carbocycles. The van der Waals surface area contributed by atoms with E-state index in [1.807, 2.05) is 0 Å². The molecule has 0 atom stereocenters. The standard InChI is InChI=1S/C10H7ClN4O4/c1-6-9(15(18)19)10(11)13(12-6)7-3-2-4-8(5-7)14(16)17/h2-5H,1H3. The smallest absolute Gasteiger partial charge is 0.258 e. The molecule has 9 heteroatoms. The third-order valence-corrected chi connectivity index (χ3v) is 2.78. The SMILES string of the molecule is Cc1nn(-c2cccc([N+](=O)[O-])c2)c(Cl)c1[N+](=O)[O-]. The van der Waals surface area contributed by atoms with Crippen LogP contribution in [-0.2, 0) is 0 Å². The number of aromatic nitrogens is 2. The van der Waals surface area contributed by atoms with Gasteiger partial charge in [0.2, 0.25) is 5.15 Å². The van der Waals surface area contributed by atoms with Gasteiger partial charge in [0.1, 0.15) is 5.69 Å². The molecule has 19 heavy (non-hydrogen) atoms. The lowest BCUT2D eigenvalue weighted by atomic mass is 10.3. The molecule has 1 aromatic heterocycles. The van der Waals surface area contributed by atoms with E-state index in [1.54, 1.807) is 0 Å². The molecule has 0 N–H and O–H groups in total. The van der Waals surface area contributed by atoms with Crippen molar-refractivity contribution < 1.29 is 9.85 Å². The second-order valence-electron chi connectivity index (χ2n) is 3.67. The Morgan fingerprint density at radius 2 is 1.95 bits per heavy atom. The highest BCUT2D eigenvalue weighted by Gasteiger charge is 2.24. The van der Waals surface area contributed by atoms with Gasteiger partial charge in [0.25, 0.3) is 5.69 Å². The Morgan fingerprint density at radius 1 is 1.26 bits per heavy atom. The molecule has 1 aromatic carbocycles. The van der Waals surface area contributed by atoms with Gasteiger partial charge >= 0.3 is 5.69 Å². The molecule has 2 rings (SSSR count). The summed E-state index contributed by atoms with van der Waals surface area (Å²) in [7, 11) is 0. The summed E-state index contributed by atoms with van der Waals surface area (Å²) in [6.45, 7) is 1.44. The number of hydrogen-bond acceptors (Lipinski definition) is 5. The highest BCUT2D eigenvalue weighted by atomic mass is 35.5. The second-order valence-corrected chi connectivity index (χ2v) is 4.03. The van der Waals surface area contributed by atoms with E-state index in [1.165, 1.54) is 31.2 Å². The summed E-state index contributed by atoms with van der Waals surface area (Å²) in [5, 5.41) is 25.2. The van der Waals surface area contributed by atoms with Crippen molar-refractivity contribution in [1.29, 1.82) is 0 Å². The molecule has 0 saturated carbocycles. The van der Waals surface area contributed by atoms with Gasteiger partial charge in [-0.3, -0.25) is 20.2 Å². The predicted octanol–water partition coefficient (Wildman–Crippen LogP) is 2.65. The van der Waals surface area contributed by atoms with E-state index in [-0.39, 0.29) is 27.9 Å². The van der Waals surface area contributed by atoms with Crippen LogP contribution in [0, 0.1) is 27.2 Å². The van der Waals surface area contributed by atoms with E-state index in [4.69, 9.17) is 11.6 Å². The Morgan fingerprint density at radius 3 is 2.47 bits per heavy atom. The predicted molar refractivity (Wildman–Crippen MR) is 66.6 cm³/mol. The maximum atomic E-state index is 10.8. The summed E-state index contributed by atoms with van der Waals surface area (Å²) >= 11 is 5.88. The van der Waals surface area contributed by atoms with E-state index >= 15 is 0 Å². The topological polar surface area (TPSA) is 104 Å². The van der Waals surface area contributed by atoms with Crippen molar-refractivity contribution in [1.82, 2.24) is 9.78 Å². The third-order valence-electron chi connectivity index (χ3n) is 2.44. The molecule has 98 valence electrons. The van der Waals surface area contributed by atoms with E-state index in [0.717, 1.165) is 4.68 Å². The first-order valence-corrected chi connectivity index (χ1v) is 5.44. The molecule has 2 aromatic rings. The van der Waals surface area contributed by atoms with Crippen LogP contribution in [0.15, 0.2) is 24.3 Å². The van der Waals surface area contributed by atoms with Gasteiger partial charge in [0, 0.05) is 12.1 Å². The van der Waals surface area contributed by atoms with E-state index in [0.29, 0.717) is 0 Å². The summed E-state index contributed by atoms with van der Waals surface area (Å²) in [4.78, 5) is 20.3. The molecule has 0 saturated heterocycles. The number of nitrogens with zero attached hydrogens (tertiary/aromatic N) is 4. The van der Waals surface area contributed by atoms with Gasteiger partial charge in [0.05, 0.1) is 15.5 Å². The highest BCUT2D eigenvalue weighted by Crippen LogP contribution is 2.30. The molecule has 0 unspecified atom stereocenters. The summed E-state index contributed by atoms with van der Waals surface area (Å²) in [6, 6.07) is 5.52. The zero-order valence-electron chi connectivity index (χ0n) is 9.61. The van der Waals surface area contributed by atoms with Crippen LogP contribution in [0.5, 0.6) is 0 Å². The van der Waals surface area contributed by atoms with Crippen molar-refractivity contribution >= 4 is 23.0 Å². The Bertz CT molecular complexity index is 682. The van der Waals surface area contributed by atoms with E-state index in [9.17, 15) is 20.2 Å². The number of non-ortho nitro benzene ring substituents is 1. The first kappa shape index (κ1) is 13.0. The summed E-state index contributed by atoms with van der Waals surface area (Å²) < 4.78 is 1.10. The number of hydrogen-bond donors (Lipinski definition) is 0. The first-order chi connectivity index (χ1) is 8.91. The minimum absolute atomic E-state index is 0.140. The normalized spacial score (nSPS) is 10.4. The van der Waals surface area contributed by atoms with E-state index < -0.39 is 9.85 Å². The fourth-order valence-electron chi connectivity index (χ4n) is 1.61. The van der Waals surface area contributed by atoms with Crippen molar-refractivity contribution in [2.45, 2.75) is 6.92 Å². The summed E-state index contributed by atoms with van der Waals surface area (Å²) in [5.41, 5.74) is -0.0329. The number of benzene rings is 1. The molecular formula is C10H7ClN4O4. The van der Waals surface area contributed by atoms with Crippen molar-refractivity contribution in [3.8, 4) is 5.69 Å². The van der Waals surface area contributed by atoms with Gasteiger partial charge in [-0.1, -0.05) is 17.7 Å². The molecule has 1 heterocycles. The van der Waals surface area contributed by atoms with Crippen molar-refractivity contribution in [2.75, 3.05) is 0 Å². The monoisotopic (exact) mass is 282 g/mol. The van der Waals surface area contributed by atoms with Gasteiger partial charge in [-0.2, -0.15) is 5.10 Å². The van der Waals surface area contributed by atoms with Crippen molar-refractivity contribution in [2.24, 2.45) is 0 Å². The van der Waals surface area contributed by atoms with E-state index in [2.05, 4.69) is 5.10 Å². The number of nitro benzene ring substituents is 1. The zero-order valence-corrected chi connectivity index (χ0v) is 10.4. The third kappa shape index (κ3) is 2.25. The molecule has 0 radical (unpaired) electrons. The number of nitro groups is 2. The first-order valence-electron chi connectivity index (χ1n) is 5.06. The fourth-order valence-corrected chi connectivity index (χ4v) is 1.95. The van der Waals surface area contributed by atoms with Gasteiger partial charge < -0.3 is 0 Å². The molecule has 0 aliphatic heterocycles. The van der Waals surface area contributed by atoms with Crippen LogP contribution in [0.3, 0.4) is 0 Å². The lowest BCUT2D eigenvalue weighted by Crippen LogP contribution is -1.98. The van der Waals surface area contributed by atoms with Crippen molar-refractivity contribution in [3.63, 3.8) is 0 Å². The average Bonchev–Trinajstić information content (AvgIpc) is 2.65. The summed E-state index contributed by atoms with van der Waals surface area (Å²) in [6.07, 6.45) is 0. The Kier molecular flexibility index (Phi) is 3.17. The summed E-state index contributed by atoms with van der Waals surface area (Å²) in [5.74, 6) is 0. The van der Waals surface area contributed by atoms with Gasteiger partial charge in [0.15, 0.2) is 0 Å². The molecule has 0 fully saturated rings. The fraction of sp³-hybridized carbons (Fsp3) is 0.100. The molecule has 0 aliphatic rings. The van der Waals surface area contributed by atoms with Crippen LogP contribution in [0.4, 0.5) is 11.4 Å². The van der Waals surface area contributed by atoms with Crippen LogP contribution < -0.4 is 0 Å². The average molecular weight is 283 g/mol. The maximum Gasteiger partial charge on any atom is 0.329 e. The van der Waals surface area contributed by atoms with Crippen molar-refractivity contribution in [3.05, 3.63) is 55.3 Å². The minimum atomic E-state index is -0.640. The molecule has 0 bridgehead atoms. The molecule has 0 amide bonds. The van der Waals surface area contributed by atoms with Crippen LogP contribution in [0.2, 0.25) is 5.15 Å². The number of halogens is 1. The lowest BCUT2D eigenvalue weighted by molar-refractivity contribution is -0.385. The molecular weight excluding hydrogens is 276 g/mol. The van der Waals surface area contributed by atoms with Crippen LogP contribution in [0.1, 0.15) is 5.69 Å². The quantitative estimate of drug-likeness (QED) is 0.635. The molecule has 0 spiro atoms. The van der Waals surface area contributed by atoms with Gasteiger partial charge in [-0.15, -0.1) is 0 Å². The Balaban J connectivity index is 2.60. The van der Waals surface area contributed by atoms with Crippen LogP contribution >= 0.6 is 11.6 Å². The second kappa shape index (κ2) is 4.65. The van der Waals surface area contributed by atoms with Gasteiger partial charge in [-0.05, 0) is 13.0 Å². The number of rotatable bonds is 3. The highest BCUT2D eigenvalue weighted by molar-refractivity contribution is 6.32. The van der Waals surface area contributed by atoms with Crippen LogP contribution in [0.25, 0.3) is 5.69 Å². The maximum absolute atomic E-state index is 10.8. The zero-order chi connectivity index (χ0) is 14.2. The largest absolute Gasteiger partial charge is 0.329 e.